The molecule has 0 bridgehead atoms. The average Bonchev–Trinajstić information content (AvgIpc) is 2.37. The van der Waals surface area contributed by atoms with Crippen LogP contribution in [0.15, 0.2) is 24.3 Å². The maximum atomic E-state index is 12.9. The van der Waals surface area contributed by atoms with Crippen LogP contribution in [0.5, 0.6) is 0 Å². The molecule has 0 aromatic heterocycles. The number of nitrogens with one attached hydrogen (secondary N) is 1. The third kappa shape index (κ3) is 5.39. The van der Waals surface area contributed by atoms with Crippen molar-refractivity contribution in [2.45, 2.75) is 39.2 Å². The molecule has 106 valence electrons. The molecular weight excluding hydrogens is 245 g/mol. The third-order valence-corrected chi connectivity index (χ3v) is 2.85. The van der Waals surface area contributed by atoms with Gasteiger partial charge < -0.3 is 10.1 Å². The molecule has 0 spiro atoms. The Morgan fingerprint density at radius 3 is 2.47 bits per heavy atom. The van der Waals surface area contributed by atoms with Crippen molar-refractivity contribution in [1.82, 2.24) is 5.32 Å². The largest absolute Gasteiger partial charge is 0.377 e. The van der Waals surface area contributed by atoms with Crippen molar-refractivity contribution in [3.8, 4) is 0 Å². The zero-order chi connectivity index (χ0) is 14.3. The van der Waals surface area contributed by atoms with E-state index in [0.717, 1.165) is 5.56 Å². The summed E-state index contributed by atoms with van der Waals surface area (Å²) in [5, 5.41) is 2.84. The van der Waals surface area contributed by atoms with Gasteiger partial charge in [0, 0.05) is 6.54 Å². The lowest BCUT2D eigenvalue weighted by Gasteiger charge is -2.16. The fourth-order valence-corrected chi connectivity index (χ4v) is 1.86. The molecule has 1 atom stereocenters. The molecule has 0 saturated heterocycles. The normalized spacial score (nSPS) is 12.5. The van der Waals surface area contributed by atoms with Crippen molar-refractivity contribution < 1.29 is 13.9 Å². The van der Waals surface area contributed by atoms with E-state index in [2.05, 4.69) is 5.32 Å². The van der Waals surface area contributed by atoms with Crippen molar-refractivity contribution >= 4 is 5.91 Å². The molecule has 1 aromatic carbocycles. The topological polar surface area (TPSA) is 38.3 Å². The van der Waals surface area contributed by atoms with E-state index in [1.807, 2.05) is 20.8 Å². The van der Waals surface area contributed by atoms with Gasteiger partial charge in [-0.2, -0.15) is 0 Å². The summed E-state index contributed by atoms with van der Waals surface area (Å²) in [6, 6.07) is 6.09. The van der Waals surface area contributed by atoms with Crippen LogP contribution in [0.4, 0.5) is 4.39 Å². The molecule has 0 aliphatic rings. The Morgan fingerprint density at radius 2 is 1.95 bits per heavy atom. The first kappa shape index (κ1) is 15.6. The maximum Gasteiger partial charge on any atom is 0.227 e. The number of halogens is 1. The Labute approximate surface area is 114 Å². The molecule has 1 rings (SSSR count). The predicted octanol–water partition coefficient (Wildman–Crippen LogP) is 2.86. The number of hydrogen-bond acceptors (Lipinski definition) is 2. The minimum atomic E-state index is -0.288. The van der Waals surface area contributed by atoms with Crippen LogP contribution in [-0.4, -0.2) is 25.2 Å². The summed E-state index contributed by atoms with van der Waals surface area (Å²) in [5.74, 6) is -0.564. The van der Waals surface area contributed by atoms with E-state index in [-0.39, 0.29) is 23.7 Å². The standard InChI is InChI=1S/C15H22FNO2/c1-4-14(12-5-7-13(16)8-6-12)15(18)17-9-10-19-11(2)3/h5-8,11,14H,4,9-10H2,1-3H3,(H,17,18). The van der Waals surface area contributed by atoms with Crippen molar-refractivity contribution in [3.05, 3.63) is 35.6 Å². The Morgan fingerprint density at radius 1 is 1.32 bits per heavy atom. The highest BCUT2D eigenvalue weighted by Crippen LogP contribution is 2.19. The molecular formula is C15H22FNO2. The lowest BCUT2D eigenvalue weighted by atomic mass is 9.95. The van der Waals surface area contributed by atoms with E-state index in [1.54, 1.807) is 12.1 Å². The zero-order valence-electron chi connectivity index (χ0n) is 11.8. The van der Waals surface area contributed by atoms with Gasteiger partial charge in [0.25, 0.3) is 0 Å². The van der Waals surface area contributed by atoms with Crippen LogP contribution in [0.25, 0.3) is 0 Å². The Bertz CT molecular complexity index is 390. The average molecular weight is 267 g/mol. The minimum absolute atomic E-state index is 0.0403. The smallest absolute Gasteiger partial charge is 0.227 e. The summed E-state index contributed by atoms with van der Waals surface area (Å²) in [7, 11) is 0. The van der Waals surface area contributed by atoms with Gasteiger partial charge in [-0.1, -0.05) is 19.1 Å². The second-order valence-electron chi connectivity index (χ2n) is 4.72. The zero-order valence-corrected chi connectivity index (χ0v) is 11.8. The van der Waals surface area contributed by atoms with E-state index in [1.165, 1.54) is 12.1 Å². The summed E-state index contributed by atoms with van der Waals surface area (Å²) in [5.41, 5.74) is 0.839. The van der Waals surface area contributed by atoms with Gasteiger partial charge in [-0.15, -0.1) is 0 Å². The fraction of sp³-hybridized carbons (Fsp3) is 0.533. The molecule has 1 N–H and O–H groups in total. The van der Waals surface area contributed by atoms with Crippen LogP contribution in [0.3, 0.4) is 0 Å². The maximum absolute atomic E-state index is 12.9. The molecule has 0 saturated carbocycles. The van der Waals surface area contributed by atoms with Crippen molar-refractivity contribution in [1.29, 1.82) is 0 Å². The minimum Gasteiger partial charge on any atom is -0.377 e. The van der Waals surface area contributed by atoms with Gasteiger partial charge >= 0.3 is 0 Å². The van der Waals surface area contributed by atoms with E-state index in [9.17, 15) is 9.18 Å². The molecule has 1 aromatic rings. The lowest BCUT2D eigenvalue weighted by Crippen LogP contribution is -2.32. The van der Waals surface area contributed by atoms with Crippen LogP contribution in [0.2, 0.25) is 0 Å². The van der Waals surface area contributed by atoms with Gasteiger partial charge in [0.1, 0.15) is 5.82 Å². The number of hydrogen-bond donors (Lipinski definition) is 1. The summed E-state index contributed by atoms with van der Waals surface area (Å²) in [4.78, 5) is 12.0. The van der Waals surface area contributed by atoms with Crippen LogP contribution >= 0.6 is 0 Å². The molecule has 3 nitrogen and oxygen atoms in total. The highest BCUT2D eigenvalue weighted by molar-refractivity contribution is 5.83. The van der Waals surface area contributed by atoms with Crippen LogP contribution < -0.4 is 5.32 Å². The molecule has 1 amide bonds. The SMILES string of the molecule is CCC(C(=O)NCCOC(C)C)c1ccc(F)cc1. The number of carbonyl (C=O) groups excluding carboxylic acids is 1. The molecule has 1 unspecified atom stereocenters. The van der Waals surface area contributed by atoms with Gasteiger partial charge in [-0.25, -0.2) is 4.39 Å². The number of ether oxygens (including phenoxy) is 1. The number of rotatable bonds is 7. The van der Waals surface area contributed by atoms with Crippen LogP contribution in [-0.2, 0) is 9.53 Å². The molecule has 0 radical (unpaired) electrons. The first-order valence-corrected chi connectivity index (χ1v) is 6.69. The molecule has 0 aliphatic carbocycles. The summed E-state index contributed by atoms with van der Waals surface area (Å²) in [6.45, 7) is 6.85. The second kappa shape index (κ2) is 7.89. The Balaban J connectivity index is 2.50. The summed E-state index contributed by atoms with van der Waals surface area (Å²) >= 11 is 0. The van der Waals surface area contributed by atoms with Gasteiger partial charge in [0.15, 0.2) is 0 Å². The summed E-state index contributed by atoms with van der Waals surface area (Å²) in [6.07, 6.45) is 0.846. The van der Waals surface area contributed by atoms with E-state index in [0.29, 0.717) is 19.6 Å². The van der Waals surface area contributed by atoms with Crippen molar-refractivity contribution in [3.63, 3.8) is 0 Å². The van der Waals surface area contributed by atoms with Gasteiger partial charge in [0.2, 0.25) is 5.91 Å². The highest BCUT2D eigenvalue weighted by atomic mass is 19.1. The fourth-order valence-electron chi connectivity index (χ4n) is 1.86. The predicted molar refractivity (Wildman–Crippen MR) is 73.5 cm³/mol. The summed E-state index contributed by atoms with van der Waals surface area (Å²) < 4.78 is 18.2. The van der Waals surface area contributed by atoms with E-state index >= 15 is 0 Å². The monoisotopic (exact) mass is 267 g/mol. The number of amides is 1. The van der Waals surface area contributed by atoms with Gasteiger partial charge in [0.05, 0.1) is 18.6 Å². The molecule has 0 aliphatic heterocycles. The molecule has 4 heteroatoms. The number of carbonyl (C=O) groups is 1. The first-order chi connectivity index (χ1) is 9.04. The molecule has 0 fully saturated rings. The van der Waals surface area contributed by atoms with E-state index in [4.69, 9.17) is 4.74 Å². The van der Waals surface area contributed by atoms with Crippen LogP contribution in [0.1, 0.15) is 38.7 Å². The molecule has 0 heterocycles. The first-order valence-electron chi connectivity index (χ1n) is 6.69. The Kier molecular flexibility index (Phi) is 6.50. The Hall–Kier alpha value is -1.42. The quantitative estimate of drug-likeness (QED) is 0.771. The van der Waals surface area contributed by atoms with Crippen molar-refractivity contribution in [2.24, 2.45) is 0 Å². The van der Waals surface area contributed by atoms with Crippen molar-refractivity contribution in [2.75, 3.05) is 13.2 Å². The molecule has 19 heavy (non-hydrogen) atoms. The van der Waals surface area contributed by atoms with Crippen LogP contribution in [0, 0.1) is 5.82 Å². The van der Waals surface area contributed by atoms with Gasteiger partial charge in [-0.3, -0.25) is 4.79 Å². The third-order valence-electron chi connectivity index (χ3n) is 2.85. The van der Waals surface area contributed by atoms with E-state index < -0.39 is 0 Å². The second-order valence-corrected chi connectivity index (χ2v) is 4.72. The lowest BCUT2D eigenvalue weighted by molar-refractivity contribution is -0.123. The highest BCUT2D eigenvalue weighted by Gasteiger charge is 2.18. The number of benzene rings is 1. The van der Waals surface area contributed by atoms with Gasteiger partial charge in [-0.05, 0) is 38.0 Å².